The lowest BCUT2D eigenvalue weighted by Crippen LogP contribution is -2.30. The van der Waals surface area contributed by atoms with E-state index >= 15 is 0 Å². The van der Waals surface area contributed by atoms with E-state index in [1.807, 2.05) is 18.2 Å². The average Bonchev–Trinajstić information content (AvgIpc) is 2.66. The highest BCUT2D eigenvalue weighted by Gasteiger charge is 2.16. The molecule has 0 atom stereocenters. The minimum absolute atomic E-state index is 0.0736. The van der Waals surface area contributed by atoms with Crippen molar-refractivity contribution in [1.29, 1.82) is 0 Å². The Hall–Kier alpha value is -3.41. The standard InChI is InChI=1S/C20H19NO5/c1-2-25-20(24)17(14-26-19(23)16-11-7-4-8-12-16)21-18(22)13-15-9-5-3-6-10-15/h3-12,14H,2,13H2,1H3,(H,21,22)/b17-14-. The van der Waals surface area contributed by atoms with Crippen LogP contribution in [0.5, 0.6) is 0 Å². The Morgan fingerprint density at radius 2 is 1.58 bits per heavy atom. The summed E-state index contributed by atoms with van der Waals surface area (Å²) in [5.41, 5.74) is 0.870. The maximum absolute atomic E-state index is 12.1. The van der Waals surface area contributed by atoms with E-state index in [0.717, 1.165) is 11.8 Å². The molecule has 2 aromatic rings. The smallest absolute Gasteiger partial charge is 0.358 e. The monoisotopic (exact) mass is 353 g/mol. The van der Waals surface area contributed by atoms with E-state index in [1.165, 1.54) is 0 Å². The molecule has 6 nitrogen and oxygen atoms in total. The summed E-state index contributed by atoms with van der Waals surface area (Å²) in [6, 6.07) is 17.4. The van der Waals surface area contributed by atoms with Crippen molar-refractivity contribution in [1.82, 2.24) is 5.32 Å². The molecular formula is C20H19NO5. The van der Waals surface area contributed by atoms with Crippen LogP contribution in [-0.2, 0) is 25.5 Å². The number of ether oxygens (including phenoxy) is 2. The summed E-state index contributed by atoms with van der Waals surface area (Å²) in [5, 5.41) is 2.43. The molecule has 134 valence electrons. The lowest BCUT2D eigenvalue weighted by Gasteiger charge is -2.09. The topological polar surface area (TPSA) is 81.7 Å². The SMILES string of the molecule is CCOC(=O)/C(=C/OC(=O)c1ccccc1)NC(=O)Cc1ccccc1. The van der Waals surface area contributed by atoms with Gasteiger partial charge in [0.15, 0.2) is 5.70 Å². The normalized spacial score (nSPS) is 10.7. The van der Waals surface area contributed by atoms with Crippen molar-refractivity contribution in [3.8, 4) is 0 Å². The number of hydrogen-bond acceptors (Lipinski definition) is 5. The van der Waals surface area contributed by atoms with Crippen molar-refractivity contribution in [3.63, 3.8) is 0 Å². The minimum Gasteiger partial charge on any atom is -0.461 e. The Morgan fingerprint density at radius 1 is 0.962 bits per heavy atom. The predicted molar refractivity (Wildman–Crippen MR) is 94.9 cm³/mol. The van der Waals surface area contributed by atoms with Gasteiger partial charge in [0, 0.05) is 0 Å². The summed E-state index contributed by atoms with van der Waals surface area (Å²) in [4.78, 5) is 36.1. The Bertz CT molecular complexity index is 784. The van der Waals surface area contributed by atoms with Crippen LogP contribution in [0.25, 0.3) is 0 Å². The van der Waals surface area contributed by atoms with Gasteiger partial charge in [0.2, 0.25) is 5.91 Å². The van der Waals surface area contributed by atoms with Crippen molar-refractivity contribution < 1.29 is 23.9 Å². The van der Waals surface area contributed by atoms with Gasteiger partial charge in [0.25, 0.3) is 0 Å². The molecule has 2 rings (SSSR count). The van der Waals surface area contributed by atoms with E-state index in [-0.39, 0.29) is 18.7 Å². The number of nitrogens with one attached hydrogen (secondary N) is 1. The van der Waals surface area contributed by atoms with E-state index in [0.29, 0.717) is 5.56 Å². The van der Waals surface area contributed by atoms with Crippen LogP contribution in [-0.4, -0.2) is 24.5 Å². The molecule has 0 aliphatic carbocycles. The van der Waals surface area contributed by atoms with E-state index < -0.39 is 17.8 Å². The summed E-state index contributed by atoms with van der Waals surface area (Å²) >= 11 is 0. The molecule has 1 N–H and O–H groups in total. The van der Waals surface area contributed by atoms with Crippen molar-refractivity contribution in [2.45, 2.75) is 13.3 Å². The third-order valence-electron chi connectivity index (χ3n) is 3.27. The van der Waals surface area contributed by atoms with Crippen LogP contribution in [0, 0.1) is 0 Å². The number of benzene rings is 2. The fraction of sp³-hybridized carbons (Fsp3) is 0.150. The molecule has 0 saturated heterocycles. The fourth-order valence-electron chi connectivity index (χ4n) is 2.07. The van der Waals surface area contributed by atoms with Gasteiger partial charge in [-0.2, -0.15) is 0 Å². The average molecular weight is 353 g/mol. The van der Waals surface area contributed by atoms with E-state index in [1.54, 1.807) is 49.4 Å². The highest BCUT2D eigenvalue weighted by atomic mass is 16.5. The lowest BCUT2D eigenvalue weighted by molar-refractivity contribution is -0.140. The zero-order valence-electron chi connectivity index (χ0n) is 14.3. The Morgan fingerprint density at radius 3 is 2.19 bits per heavy atom. The Balaban J connectivity index is 2.06. The molecule has 1 amide bonds. The highest BCUT2D eigenvalue weighted by molar-refractivity contribution is 5.95. The molecule has 26 heavy (non-hydrogen) atoms. The third-order valence-corrected chi connectivity index (χ3v) is 3.27. The molecule has 0 aliphatic heterocycles. The molecule has 2 aromatic carbocycles. The van der Waals surface area contributed by atoms with E-state index in [4.69, 9.17) is 9.47 Å². The second-order valence-corrected chi connectivity index (χ2v) is 5.23. The molecule has 0 radical (unpaired) electrons. The zero-order chi connectivity index (χ0) is 18.8. The summed E-state index contributed by atoms with van der Waals surface area (Å²) in [6.45, 7) is 1.76. The van der Waals surface area contributed by atoms with Gasteiger partial charge in [-0.15, -0.1) is 0 Å². The first-order chi connectivity index (χ1) is 12.6. The van der Waals surface area contributed by atoms with Gasteiger partial charge < -0.3 is 14.8 Å². The first kappa shape index (κ1) is 18.9. The van der Waals surface area contributed by atoms with Crippen LogP contribution in [0.2, 0.25) is 0 Å². The minimum atomic E-state index is -0.783. The van der Waals surface area contributed by atoms with Gasteiger partial charge in [-0.3, -0.25) is 4.79 Å². The van der Waals surface area contributed by atoms with E-state index in [2.05, 4.69) is 5.32 Å². The van der Waals surface area contributed by atoms with Crippen molar-refractivity contribution >= 4 is 17.8 Å². The number of amides is 1. The van der Waals surface area contributed by atoms with Crippen molar-refractivity contribution in [3.05, 3.63) is 83.7 Å². The van der Waals surface area contributed by atoms with Crippen LogP contribution in [0.3, 0.4) is 0 Å². The van der Waals surface area contributed by atoms with Crippen LogP contribution in [0.1, 0.15) is 22.8 Å². The lowest BCUT2D eigenvalue weighted by atomic mass is 10.1. The number of hydrogen-bond donors (Lipinski definition) is 1. The molecule has 0 saturated carbocycles. The van der Waals surface area contributed by atoms with Crippen LogP contribution >= 0.6 is 0 Å². The van der Waals surface area contributed by atoms with Gasteiger partial charge in [-0.1, -0.05) is 48.5 Å². The molecule has 6 heteroatoms. The molecule has 0 aromatic heterocycles. The van der Waals surface area contributed by atoms with Crippen molar-refractivity contribution in [2.24, 2.45) is 0 Å². The predicted octanol–water partition coefficient (Wildman–Crippen LogP) is 2.61. The van der Waals surface area contributed by atoms with Crippen LogP contribution in [0.15, 0.2) is 72.6 Å². The first-order valence-electron chi connectivity index (χ1n) is 8.07. The second kappa shape index (κ2) is 9.78. The number of carbonyl (C=O) groups excluding carboxylic acids is 3. The van der Waals surface area contributed by atoms with Crippen molar-refractivity contribution in [2.75, 3.05) is 6.61 Å². The van der Waals surface area contributed by atoms with E-state index in [9.17, 15) is 14.4 Å². The number of rotatable bonds is 7. The summed E-state index contributed by atoms with van der Waals surface area (Å²) in [5.74, 6) is -1.86. The molecule has 0 aliphatic rings. The summed E-state index contributed by atoms with van der Waals surface area (Å²) in [6.07, 6.45) is 0.973. The molecule has 0 heterocycles. The fourth-order valence-corrected chi connectivity index (χ4v) is 2.07. The molecule has 0 fully saturated rings. The molecule has 0 spiro atoms. The number of carbonyl (C=O) groups is 3. The molecule has 0 unspecified atom stereocenters. The van der Waals surface area contributed by atoms with Gasteiger partial charge in [-0.05, 0) is 24.6 Å². The maximum atomic E-state index is 12.1. The first-order valence-corrected chi connectivity index (χ1v) is 8.07. The van der Waals surface area contributed by atoms with Gasteiger partial charge in [0.1, 0.15) is 6.26 Å². The molecule has 0 bridgehead atoms. The highest BCUT2D eigenvalue weighted by Crippen LogP contribution is 2.05. The second-order valence-electron chi connectivity index (χ2n) is 5.23. The third kappa shape index (κ3) is 5.90. The maximum Gasteiger partial charge on any atom is 0.358 e. The quantitative estimate of drug-likeness (QED) is 0.470. The zero-order valence-corrected chi connectivity index (χ0v) is 14.3. The Kier molecular flexibility index (Phi) is 7.12. The largest absolute Gasteiger partial charge is 0.461 e. The van der Waals surface area contributed by atoms with Gasteiger partial charge >= 0.3 is 11.9 Å². The number of esters is 2. The summed E-state index contributed by atoms with van der Waals surface area (Å²) < 4.78 is 9.87. The molecular weight excluding hydrogens is 334 g/mol. The van der Waals surface area contributed by atoms with Gasteiger partial charge in [-0.25, -0.2) is 9.59 Å². The van der Waals surface area contributed by atoms with Crippen LogP contribution < -0.4 is 5.32 Å². The van der Waals surface area contributed by atoms with Gasteiger partial charge in [0.05, 0.1) is 18.6 Å². The summed E-state index contributed by atoms with van der Waals surface area (Å²) in [7, 11) is 0. The van der Waals surface area contributed by atoms with Crippen LogP contribution in [0.4, 0.5) is 0 Å². The Labute approximate surface area is 151 Å².